The molecule has 1 aliphatic rings. The maximum atomic E-state index is 12.0. The summed E-state index contributed by atoms with van der Waals surface area (Å²) in [6.07, 6.45) is 0.0883. The Balaban J connectivity index is 2.45. The van der Waals surface area contributed by atoms with Crippen molar-refractivity contribution in [1.29, 1.82) is 0 Å². The van der Waals surface area contributed by atoms with Crippen LogP contribution in [-0.2, 0) is 14.3 Å². The highest BCUT2D eigenvalue weighted by Gasteiger charge is 2.35. The second-order valence-electron chi connectivity index (χ2n) is 7.65. The molecule has 1 saturated heterocycles. The molecule has 0 saturated carbocycles. The van der Waals surface area contributed by atoms with Crippen molar-refractivity contribution in [2.24, 2.45) is 5.73 Å². The lowest BCUT2D eigenvalue weighted by atomic mass is 10.1. The zero-order chi connectivity index (χ0) is 17.1. The molecule has 1 amide bonds. The van der Waals surface area contributed by atoms with E-state index in [0.29, 0.717) is 13.0 Å². The van der Waals surface area contributed by atoms with Crippen LogP contribution in [0.25, 0.3) is 0 Å². The van der Waals surface area contributed by atoms with Crippen molar-refractivity contribution in [3.05, 3.63) is 0 Å². The van der Waals surface area contributed by atoms with E-state index in [2.05, 4.69) is 10.6 Å². The Morgan fingerprint density at radius 1 is 1.14 bits per heavy atom. The van der Waals surface area contributed by atoms with Gasteiger partial charge in [0.25, 0.3) is 0 Å². The normalized spacial score (nSPS) is 23.8. The lowest BCUT2D eigenvalue weighted by Crippen LogP contribution is -2.49. The number of carbonyl (C=O) groups is 2. The van der Waals surface area contributed by atoms with E-state index < -0.39 is 29.3 Å². The average molecular weight is 315 g/mol. The summed E-state index contributed by atoms with van der Waals surface area (Å²) in [4.78, 5) is 23.7. The minimum Gasteiger partial charge on any atom is -0.459 e. The molecule has 0 radical (unpaired) electrons. The largest absolute Gasteiger partial charge is 0.459 e. The van der Waals surface area contributed by atoms with Crippen LogP contribution in [0.3, 0.4) is 0 Å². The molecule has 0 aromatic rings. The first-order valence-electron chi connectivity index (χ1n) is 7.59. The molecule has 0 bridgehead atoms. The maximum absolute atomic E-state index is 12.0. The first-order chi connectivity index (χ1) is 9.87. The van der Waals surface area contributed by atoms with Gasteiger partial charge in [-0.1, -0.05) is 0 Å². The minimum atomic E-state index is -0.760. The average Bonchev–Trinajstić information content (AvgIpc) is 2.71. The molecule has 0 aliphatic carbocycles. The van der Waals surface area contributed by atoms with Crippen molar-refractivity contribution < 1.29 is 19.1 Å². The zero-order valence-electron chi connectivity index (χ0n) is 14.4. The van der Waals surface area contributed by atoms with Crippen molar-refractivity contribution in [3.63, 3.8) is 0 Å². The number of amides is 1. The molecule has 1 rings (SSSR count). The molecular weight excluding hydrogens is 286 g/mol. The van der Waals surface area contributed by atoms with Gasteiger partial charge in [-0.15, -0.1) is 0 Å². The van der Waals surface area contributed by atoms with Crippen molar-refractivity contribution in [1.82, 2.24) is 10.6 Å². The van der Waals surface area contributed by atoms with Crippen LogP contribution in [0, 0.1) is 0 Å². The molecule has 0 aromatic carbocycles. The molecule has 3 unspecified atom stereocenters. The molecule has 1 fully saturated rings. The van der Waals surface area contributed by atoms with Gasteiger partial charge in [-0.25, -0.2) is 4.79 Å². The Labute approximate surface area is 132 Å². The van der Waals surface area contributed by atoms with Crippen LogP contribution >= 0.6 is 0 Å². The van der Waals surface area contributed by atoms with Gasteiger partial charge < -0.3 is 25.8 Å². The topological polar surface area (TPSA) is 103 Å². The highest BCUT2D eigenvalue weighted by atomic mass is 16.6. The van der Waals surface area contributed by atoms with Crippen molar-refractivity contribution in [2.75, 3.05) is 6.54 Å². The molecular formula is C15H29N3O4. The molecule has 0 aromatic heterocycles. The van der Waals surface area contributed by atoms with Crippen molar-refractivity contribution in [3.8, 4) is 0 Å². The quantitative estimate of drug-likeness (QED) is 0.669. The molecule has 7 heteroatoms. The number of hydrogen-bond acceptors (Lipinski definition) is 6. The standard InChI is InChI=1S/C15H29N3O4/c1-14(2,3)21-12(19)11(16)10-7-9(8-17-10)18-13(20)22-15(4,5)6/h9-11,17H,7-8,16H2,1-6H3,(H,18,20). The number of hydrogen-bond donors (Lipinski definition) is 3. The van der Waals surface area contributed by atoms with Crippen LogP contribution in [0.15, 0.2) is 0 Å². The highest BCUT2D eigenvalue weighted by molar-refractivity contribution is 5.77. The van der Waals surface area contributed by atoms with Gasteiger partial charge in [0.15, 0.2) is 0 Å². The lowest BCUT2D eigenvalue weighted by molar-refractivity contribution is -0.157. The summed E-state index contributed by atoms with van der Waals surface area (Å²) < 4.78 is 10.5. The summed E-state index contributed by atoms with van der Waals surface area (Å²) in [5.74, 6) is -0.442. The molecule has 0 spiro atoms. The minimum absolute atomic E-state index is 0.117. The van der Waals surface area contributed by atoms with Gasteiger partial charge in [0.1, 0.15) is 17.2 Å². The number of nitrogens with one attached hydrogen (secondary N) is 2. The van der Waals surface area contributed by atoms with E-state index in [4.69, 9.17) is 15.2 Å². The third-order valence-electron chi connectivity index (χ3n) is 3.00. The van der Waals surface area contributed by atoms with E-state index in [-0.39, 0.29) is 12.1 Å². The number of nitrogens with two attached hydrogens (primary N) is 1. The van der Waals surface area contributed by atoms with Crippen LogP contribution in [0.1, 0.15) is 48.0 Å². The van der Waals surface area contributed by atoms with Gasteiger partial charge >= 0.3 is 12.1 Å². The van der Waals surface area contributed by atoms with Gasteiger partial charge in [0, 0.05) is 18.6 Å². The van der Waals surface area contributed by atoms with Crippen LogP contribution < -0.4 is 16.4 Å². The van der Waals surface area contributed by atoms with Crippen molar-refractivity contribution >= 4 is 12.1 Å². The Morgan fingerprint density at radius 3 is 2.18 bits per heavy atom. The fourth-order valence-corrected chi connectivity index (χ4v) is 2.16. The maximum Gasteiger partial charge on any atom is 0.407 e. The van der Waals surface area contributed by atoms with Gasteiger partial charge in [0.05, 0.1) is 0 Å². The molecule has 4 N–H and O–H groups in total. The Morgan fingerprint density at radius 2 is 1.68 bits per heavy atom. The monoisotopic (exact) mass is 315 g/mol. The zero-order valence-corrected chi connectivity index (χ0v) is 14.4. The smallest absolute Gasteiger partial charge is 0.407 e. The summed E-state index contributed by atoms with van der Waals surface area (Å²) in [7, 11) is 0. The van der Waals surface area contributed by atoms with Gasteiger partial charge in [-0.3, -0.25) is 4.79 Å². The van der Waals surface area contributed by atoms with E-state index in [0.717, 1.165) is 0 Å². The van der Waals surface area contributed by atoms with Gasteiger partial charge in [-0.05, 0) is 48.0 Å². The van der Waals surface area contributed by atoms with Gasteiger partial charge in [0.2, 0.25) is 0 Å². The van der Waals surface area contributed by atoms with Gasteiger partial charge in [-0.2, -0.15) is 0 Å². The number of alkyl carbamates (subject to hydrolysis) is 1. The molecule has 3 atom stereocenters. The van der Waals surface area contributed by atoms with Crippen LogP contribution in [0.5, 0.6) is 0 Å². The van der Waals surface area contributed by atoms with E-state index >= 15 is 0 Å². The summed E-state index contributed by atoms with van der Waals surface area (Å²) in [5.41, 5.74) is 4.84. The first-order valence-corrected chi connectivity index (χ1v) is 7.59. The summed E-state index contributed by atoms with van der Waals surface area (Å²) in [5, 5.41) is 5.92. The third-order valence-corrected chi connectivity index (χ3v) is 3.00. The second kappa shape index (κ2) is 6.83. The predicted octanol–water partition coefficient (Wildman–Crippen LogP) is 0.911. The van der Waals surface area contributed by atoms with Crippen LogP contribution in [0.4, 0.5) is 4.79 Å². The fourth-order valence-electron chi connectivity index (χ4n) is 2.16. The van der Waals surface area contributed by atoms with E-state index in [9.17, 15) is 9.59 Å². The molecule has 22 heavy (non-hydrogen) atoms. The fraction of sp³-hybridized carbons (Fsp3) is 0.867. The Bertz CT molecular complexity index is 412. The van der Waals surface area contributed by atoms with E-state index in [1.807, 2.05) is 0 Å². The SMILES string of the molecule is CC(C)(C)OC(=O)NC1CNC(C(N)C(=O)OC(C)(C)C)C1. The second-order valence-corrected chi connectivity index (χ2v) is 7.65. The lowest BCUT2D eigenvalue weighted by Gasteiger charge is -2.25. The predicted molar refractivity (Wildman–Crippen MR) is 83.4 cm³/mol. The molecule has 128 valence electrons. The summed E-state index contributed by atoms with van der Waals surface area (Å²) in [6, 6.07) is -1.10. The number of carbonyl (C=O) groups excluding carboxylic acids is 2. The number of esters is 1. The van der Waals surface area contributed by atoms with E-state index in [1.54, 1.807) is 41.5 Å². The first kappa shape index (κ1) is 18.7. The third kappa shape index (κ3) is 6.62. The molecule has 7 nitrogen and oxygen atoms in total. The summed E-state index contributed by atoms with van der Waals surface area (Å²) in [6.45, 7) is 11.4. The molecule has 1 aliphatic heterocycles. The van der Waals surface area contributed by atoms with Crippen LogP contribution in [-0.4, -0.2) is 47.9 Å². The van der Waals surface area contributed by atoms with E-state index in [1.165, 1.54) is 0 Å². The highest BCUT2D eigenvalue weighted by Crippen LogP contribution is 2.15. The molecule has 1 heterocycles. The summed E-state index contributed by atoms with van der Waals surface area (Å²) >= 11 is 0. The number of rotatable bonds is 3. The number of ether oxygens (including phenoxy) is 2. The Kier molecular flexibility index (Phi) is 5.81. The van der Waals surface area contributed by atoms with Crippen molar-refractivity contribution in [2.45, 2.75) is 77.3 Å². The van der Waals surface area contributed by atoms with Crippen LogP contribution in [0.2, 0.25) is 0 Å². The Hall–Kier alpha value is -1.34.